The van der Waals surface area contributed by atoms with E-state index in [1.165, 1.54) is 0 Å². The van der Waals surface area contributed by atoms with Gasteiger partial charge in [-0.2, -0.15) is 9.90 Å². The van der Waals surface area contributed by atoms with E-state index in [9.17, 15) is 0 Å². The topological polar surface area (TPSA) is 80.3 Å². The molecule has 1 atom stereocenters. The maximum absolute atomic E-state index is 8.52. The molecule has 0 aromatic heterocycles. The SMILES string of the molecule is O=S(=O)([O-])[O-].P.[Ba+2]. The van der Waals surface area contributed by atoms with Crippen molar-refractivity contribution in [2.24, 2.45) is 0 Å². The van der Waals surface area contributed by atoms with Crippen LogP contribution in [0.2, 0.25) is 0 Å². The second-order valence-electron chi connectivity index (χ2n) is 0.408. The molecule has 0 fully saturated rings. The summed E-state index contributed by atoms with van der Waals surface area (Å²) in [5.41, 5.74) is 0. The van der Waals surface area contributed by atoms with Crippen molar-refractivity contribution in [3.63, 3.8) is 0 Å². The molecular formula is H3BaO4PS. The normalized spacial score (nSPS) is 8.29. The van der Waals surface area contributed by atoms with E-state index in [1.54, 1.807) is 0 Å². The second-order valence-corrected chi connectivity index (χ2v) is 1.22. The van der Waals surface area contributed by atoms with Gasteiger partial charge in [0.2, 0.25) is 0 Å². The Morgan fingerprint density at radius 3 is 1.14 bits per heavy atom. The van der Waals surface area contributed by atoms with Gasteiger partial charge in [-0.05, 0) is 0 Å². The van der Waals surface area contributed by atoms with Crippen LogP contribution in [0.5, 0.6) is 0 Å². The molecule has 0 saturated carbocycles. The van der Waals surface area contributed by atoms with Gasteiger partial charge in [0.05, 0.1) is 0 Å². The fraction of sp³-hybridized carbons (Fsp3) is 0. The Morgan fingerprint density at radius 1 is 1.14 bits per heavy atom. The van der Waals surface area contributed by atoms with E-state index in [1.807, 2.05) is 0 Å². The van der Waals surface area contributed by atoms with Crippen LogP contribution < -0.4 is 0 Å². The van der Waals surface area contributed by atoms with Crippen LogP contribution in [0.25, 0.3) is 0 Å². The number of rotatable bonds is 0. The third-order valence-corrected chi connectivity index (χ3v) is 0. The van der Waals surface area contributed by atoms with Crippen molar-refractivity contribution in [1.82, 2.24) is 0 Å². The molecule has 0 saturated heterocycles. The van der Waals surface area contributed by atoms with E-state index in [0.29, 0.717) is 0 Å². The van der Waals surface area contributed by atoms with Gasteiger partial charge in [0.1, 0.15) is 0 Å². The first-order valence-corrected chi connectivity index (χ1v) is 2.00. The van der Waals surface area contributed by atoms with Crippen molar-refractivity contribution in [3.8, 4) is 0 Å². The summed E-state index contributed by atoms with van der Waals surface area (Å²) in [5, 5.41) is 0. The maximum Gasteiger partial charge on any atom is 2.00 e. The summed E-state index contributed by atoms with van der Waals surface area (Å²) < 4.78 is 34.1. The van der Waals surface area contributed by atoms with Gasteiger partial charge in [-0.1, -0.05) is 0 Å². The van der Waals surface area contributed by atoms with E-state index >= 15 is 0 Å². The van der Waals surface area contributed by atoms with E-state index in [0.717, 1.165) is 0 Å². The Hall–Kier alpha value is 1.87. The molecule has 0 aliphatic rings. The average molecular weight is 267 g/mol. The minimum Gasteiger partial charge on any atom is -0.759 e. The molecule has 0 spiro atoms. The first-order valence-electron chi connectivity index (χ1n) is 0.667. The first-order chi connectivity index (χ1) is 2.00. The Morgan fingerprint density at radius 2 is 1.14 bits per heavy atom. The van der Waals surface area contributed by atoms with Crippen molar-refractivity contribution in [1.29, 1.82) is 0 Å². The van der Waals surface area contributed by atoms with E-state index in [-0.39, 0.29) is 58.8 Å². The molecular weight excluding hydrogens is 264 g/mol. The fourth-order valence-corrected chi connectivity index (χ4v) is 0. The van der Waals surface area contributed by atoms with Gasteiger partial charge in [-0.25, -0.2) is 0 Å². The zero-order valence-electron chi connectivity index (χ0n) is 3.46. The van der Waals surface area contributed by atoms with Gasteiger partial charge in [0.15, 0.2) is 0 Å². The van der Waals surface area contributed by atoms with Crippen LogP contribution >= 0.6 is 9.90 Å². The number of hydrogen-bond donors (Lipinski definition) is 0. The minimum atomic E-state index is -5.17. The molecule has 7 heteroatoms. The summed E-state index contributed by atoms with van der Waals surface area (Å²) >= 11 is 0. The molecule has 0 amide bonds. The Labute approximate surface area is 85.3 Å². The third kappa shape index (κ3) is 77.5. The van der Waals surface area contributed by atoms with Crippen LogP contribution in [0.15, 0.2) is 0 Å². The van der Waals surface area contributed by atoms with Crippen LogP contribution in [0.1, 0.15) is 0 Å². The maximum atomic E-state index is 8.52. The summed E-state index contributed by atoms with van der Waals surface area (Å²) in [6.45, 7) is 0. The van der Waals surface area contributed by atoms with Crippen molar-refractivity contribution in [2.45, 2.75) is 0 Å². The standard InChI is InChI=1S/Ba.H2O4S.H3P/c;1-5(2,3)4;/h;(H2,1,2,3,4);1H3/q+2;;/p-2. The van der Waals surface area contributed by atoms with E-state index in [2.05, 4.69) is 0 Å². The third-order valence-electron chi connectivity index (χ3n) is 0. The van der Waals surface area contributed by atoms with Crippen LogP contribution in [-0.4, -0.2) is 66.4 Å². The van der Waals surface area contributed by atoms with E-state index < -0.39 is 10.4 Å². The molecule has 0 aromatic rings. The molecule has 0 aliphatic carbocycles. The smallest absolute Gasteiger partial charge is 0.759 e. The van der Waals surface area contributed by atoms with Crippen molar-refractivity contribution < 1.29 is 17.5 Å². The fourth-order valence-electron chi connectivity index (χ4n) is 0. The zero-order chi connectivity index (χ0) is 4.50. The summed E-state index contributed by atoms with van der Waals surface area (Å²) in [6, 6.07) is 0. The summed E-state index contributed by atoms with van der Waals surface area (Å²) in [4.78, 5) is 0. The molecule has 0 rings (SSSR count). The van der Waals surface area contributed by atoms with Crippen LogP contribution in [-0.2, 0) is 10.4 Å². The molecule has 7 heavy (non-hydrogen) atoms. The molecule has 1 unspecified atom stereocenters. The van der Waals surface area contributed by atoms with Gasteiger partial charge in [-0.3, -0.25) is 8.42 Å². The van der Waals surface area contributed by atoms with Crippen molar-refractivity contribution in [3.05, 3.63) is 0 Å². The largest absolute Gasteiger partial charge is 2.00 e. The number of hydrogen-bond acceptors (Lipinski definition) is 4. The predicted octanol–water partition coefficient (Wildman–Crippen LogP) is -1.66. The summed E-state index contributed by atoms with van der Waals surface area (Å²) in [7, 11) is -5.17. The van der Waals surface area contributed by atoms with Crippen molar-refractivity contribution in [2.75, 3.05) is 0 Å². The minimum absolute atomic E-state index is 0. The Kier molecular flexibility index (Phi) is 13.7. The Bertz CT molecular complexity index is 94.9. The van der Waals surface area contributed by atoms with Crippen LogP contribution in [0, 0.1) is 0 Å². The summed E-state index contributed by atoms with van der Waals surface area (Å²) in [5.74, 6) is 0. The zero-order valence-corrected chi connectivity index (χ0v) is 10.1. The van der Waals surface area contributed by atoms with Crippen LogP contribution in [0.4, 0.5) is 0 Å². The van der Waals surface area contributed by atoms with E-state index in [4.69, 9.17) is 17.5 Å². The van der Waals surface area contributed by atoms with Gasteiger partial charge in [0.25, 0.3) is 0 Å². The van der Waals surface area contributed by atoms with Gasteiger partial charge in [-0.15, -0.1) is 0 Å². The van der Waals surface area contributed by atoms with Gasteiger partial charge < -0.3 is 9.11 Å². The predicted molar refractivity (Wildman–Crippen MR) is 27.3 cm³/mol. The second kappa shape index (κ2) is 6.00. The van der Waals surface area contributed by atoms with Crippen molar-refractivity contribution >= 4 is 69.2 Å². The summed E-state index contributed by atoms with van der Waals surface area (Å²) in [6.07, 6.45) is 0. The molecule has 0 heterocycles. The molecule has 4 nitrogen and oxygen atoms in total. The Balaban J connectivity index is -0.0000000800. The molecule has 0 aliphatic heterocycles. The molecule has 0 N–H and O–H groups in total. The monoisotopic (exact) mass is 268 g/mol. The molecule has 0 bridgehead atoms. The van der Waals surface area contributed by atoms with Crippen LogP contribution in [0.3, 0.4) is 0 Å². The first kappa shape index (κ1) is 15.9. The molecule has 40 valence electrons. The van der Waals surface area contributed by atoms with Gasteiger partial charge in [0, 0.05) is 10.4 Å². The molecule has 0 aromatic carbocycles. The molecule has 0 radical (unpaired) electrons. The quantitative estimate of drug-likeness (QED) is 0.228. The van der Waals surface area contributed by atoms with Gasteiger partial charge >= 0.3 is 48.9 Å². The average Bonchev–Trinajstić information content (AvgIpc) is 0.722.